The fourth-order valence-corrected chi connectivity index (χ4v) is 3.88. The lowest BCUT2D eigenvalue weighted by atomic mass is 10.1. The van der Waals surface area contributed by atoms with Crippen molar-refractivity contribution in [3.05, 3.63) is 54.2 Å². The first-order valence-electron chi connectivity index (χ1n) is 9.08. The van der Waals surface area contributed by atoms with Gasteiger partial charge in [-0.1, -0.05) is 29.5 Å². The molecule has 0 unspecified atom stereocenters. The first-order valence-corrected chi connectivity index (χ1v) is 9.90. The number of benzene rings is 2. The van der Waals surface area contributed by atoms with Crippen molar-refractivity contribution in [3.8, 4) is 28.5 Å². The molecule has 4 aromatic rings. The zero-order chi connectivity index (χ0) is 19.8. The Kier molecular flexibility index (Phi) is 4.45. The van der Waals surface area contributed by atoms with Gasteiger partial charge in [0.1, 0.15) is 5.75 Å². The van der Waals surface area contributed by atoms with E-state index >= 15 is 0 Å². The molecule has 0 spiro atoms. The van der Waals surface area contributed by atoms with Crippen LogP contribution in [0.2, 0.25) is 0 Å². The lowest BCUT2D eigenvalue weighted by Crippen LogP contribution is -2.15. The van der Waals surface area contributed by atoms with Gasteiger partial charge in [-0.3, -0.25) is 0 Å². The van der Waals surface area contributed by atoms with Crippen LogP contribution in [-0.4, -0.2) is 40.5 Å². The third-order valence-corrected chi connectivity index (χ3v) is 5.26. The standard InChI is InChI=1S/C20H19N5O3S/c1-24(2)28-15-5-3-4-14(9-15)16-11-22-20-25(16)23-19(29-20)21-10-13-6-7-17-18(8-13)27-12-26-17/h3-9,11H,10,12H2,1-2H3,(H,21,23). The molecule has 29 heavy (non-hydrogen) atoms. The highest BCUT2D eigenvalue weighted by Gasteiger charge is 2.15. The van der Waals surface area contributed by atoms with E-state index in [2.05, 4.69) is 15.4 Å². The smallest absolute Gasteiger partial charge is 0.231 e. The van der Waals surface area contributed by atoms with Gasteiger partial charge >= 0.3 is 0 Å². The number of hydroxylamine groups is 2. The number of nitrogens with zero attached hydrogens (tertiary/aromatic N) is 4. The Bertz CT molecular complexity index is 1170. The summed E-state index contributed by atoms with van der Waals surface area (Å²) in [6, 6.07) is 13.8. The Morgan fingerprint density at radius 3 is 2.97 bits per heavy atom. The molecule has 9 heteroatoms. The maximum atomic E-state index is 5.64. The number of aromatic nitrogens is 3. The highest BCUT2D eigenvalue weighted by atomic mass is 32.1. The summed E-state index contributed by atoms with van der Waals surface area (Å²) in [5.74, 6) is 2.32. The van der Waals surface area contributed by atoms with Gasteiger partial charge in [-0.15, -0.1) is 5.10 Å². The summed E-state index contributed by atoms with van der Waals surface area (Å²) in [4.78, 5) is 11.0. The van der Waals surface area contributed by atoms with Gasteiger partial charge in [0.25, 0.3) is 0 Å². The van der Waals surface area contributed by atoms with Crippen LogP contribution in [0.15, 0.2) is 48.7 Å². The van der Waals surface area contributed by atoms with Gasteiger partial charge in [0.15, 0.2) is 11.5 Å². The molecule has 2 aromatic heterocycles. The van der Waals surface area contributed by atoms with E-state index in [1.165, 1.54) is 11.3 Å². The second-order valence-electron chi connectivity index (χ2n) is 6.72. The van der Waals surface area contributed by atoms with Crippen molar-refractivity contribution in [2.24, 2.45) is 0 Å². The molecule has 5 rings (SSSR count). The second kappa shape index (κ2) is 7.26. The first kappa shape index (κ1) is 17.8. The molecule has 0 bridgehead atoms. The Morgan fingerprint density at radius 1 is 1.17 bits per heavy atom. The van der Waals surface area contributed by atoms with Gasteiger partial charge in [-0.25, -0.2) is 9.50 Å². The number of hydrogen-bond donors (Lipinski definition) is 1. The molecule has 1 aliphatic heterocycles. The molecule has 2 aromatic carbocycles. The van der Waals surface area contributed by atoms with E-state index in [-0.39, 0.29) is 6.79 Å². The molecule has 1 aliphatic rings. The van der Waals surface area contributed by atoms with E-state index in [0.717, 1.165) is 44.2 Å². The van der Waals surface area contributed by atoms with Crippen molar-refractivity contribution in [1.29, 1.82) is 0 Å². The quantitative estimate of drug-likeness (QED) is 0.487. The van der Waals surface area contributed by atoms with Gasteiger partial charge < -0.3 is 19.6 Å². The van der Waals surface area contributed by atoms with Crippen LogP contribution in [0.25, 0.3) is 16.2 Å². The highest BCUT2D eigenvalue weighted by Crippen LogP contribution is 2.33. The lowest BCUT2D eigenvalue weighted by molar-refractivity contribution is -0.00320. The van der Waals surface area contributed by atoms with Crippen LogP contribution in [0.4, 0.5) is 5.13 Å². The summed E-state index contributed by atoms with van der Waals surface area (Å²) < 4.78 is 12.6. The van der Waals surface area contributed by atoms with E-state index in [9.17, 15) is 0 Å². The first-order chi connectivity index (χ1) is 14.2. The van der Waals surface area contributed by atoms with E-state index < -0.39 is 0 Å². The molecule has 8 nitrogen and oxygen atoms in total. The molecule has 0 aliphatic carbocycles. The van der Waals surface area contributed by atoms with Crippen LogP contribution < -0.4 is 19.6 Å². The van der Waals surface area contributed by atoms with Gasteiger partial charge in [0.2, 0.25) is 16.9 Å². The monoisotopic (exact) mass is 409 g/mol. The Balaban J connectivity index is 1.36. The van der Waals surface area contributed by atoms with Crippen LogP contribution in [0.1, 0.15) is 5.56 Å². The molecular formula is C20H19N5O3S. The van der Waals surface area contributed by atoms with Crippen LogP contribution in [0.3, 0.4) is 0 Å². The number of anilines is 1. The number of fused-ring (bicyclic) bond motifs is 2. The number of rotatable bonds is 6. The van der Waals surface area contributed by atoms with Crippen LogP contribution in [0.5, 0.6) is 17.2 Å². The average Bonchev–Trinajstić information content (AvgIpc) is 3.41. The van der Waals surface area contributed by atoms with E-state index in [4.69, 9.17) is 14.3 Å². The third-order valence-electron chi connectivity index (χ3n) is 4.38. The van der Waals surface area contributed by atoms with Crippen molar-refractivity contribution in [2.45, 2.75) is 6.54 Å². The summed E-state index contributed by atoms with van der Waals surface area (Å²) in [5, 5.41) is 10.5. The van der Waals surface area contributed by atoms with Gasteiger partial charge in [-0.05, 0) is 29.8 Å². The van der Waals surface area contributed by atoms with E-state index in [1.54, 1.807) is 5.06 Å². The fourth-order valence-electron chi connectivity index (χ4n) is 3.11. The molecule has 1 N–H and O–H groups in total. The van der Waals surface area contributed by atoms with E-state index in [0.29, 0.717) is 6.54 Å². The molecular weight excluding hydrogens is 390 g/mol. The van der Waals surface area contributed by atoms with Crippen molar-refractivity contribution in [1.82, 2.24) is 19.7 Å². The van der Waals surface area contributed by atoms with Crippen molar-refractivity contribution < 1.29 is 14.3 Å². The molecule has 0 saturated heterocycles. The zero-order valence-electron chi connectivity index (χ0n) is 16.0. The number of hydrogen-bond acceptors (Lipinski definition) is 8. The third kappa shape index (κ3) is 3.57. The average molecular weight is 409 g/mol. The maximum absolute atomic E-state index is 5.64. The predicted molar refractivity (Wildman–Crippen MR) is 111 cm³/mol. The topological polar surface area (TPSA) is 73.2 Å². The number of nitrogens with one attached hydrogen (secondary N) is 1. The molecule has 0 saturated carbocycles. The fraction of sp³-hybridized carbons (Fsp3) is 0.200. The highest BCUT2D eigenvalue weighted by molar-refractivity contribution is 7.20. The maximum Gasteiger partial charge on any atom is 0.231 e. The molecule has 148 valence electrons. The summed E-state index contributed by atoms with van der Waals surface area (Å²) >= 11 is 1.51. The normalized spacial score (nSPS) is 12.7. The van der Waals surface area contributed by atoms with Gasteiger partial charge in [0.05, 0.1) is 11.9 Å². The van der Waals surface area contributed by atoms with Crippen LogP contribution in [0, 0.1) is 0 Å². The number of imidazole rings is 1. The summed E-state index contributed by atoms with van der Waals surface area (Å²) in [6.07, 6.45) is 1.83. The summed E-state index contributed by atoms with van der Waals surface area (Å²) in [7, 11) is 3.70. The minimum absolute atomic E-state index is 0.277. The minimum atomic E-state index is 0.277. The molecule has 0 fully saturated rings. The Labute approximate surface area is 171 Å². The van der Waals surface area contributed by atoms with Gasteiger partial charge in [-0.2, -0.15) is 5.06 Å². The van der Waals surface area contributed by atoms with Crippen LogP contribution >= 0.6 is 11.3 Å². The Morgan fingerprint density at radius 2 is 2.07 bits per heavy atom. The lowest BCUT2D eigenvalue weighted by Gasteiger charge is -2.12. The second-order valence-corrected chi connectivity index (χ2v) is 7.67. The molecule has 0 atom stereocenters. The zero-order valence-corrected chi connectivity index (χ0v) is 16.8. The molecule has 0 amide bonds. The minimum Gasteiger partial charge on any atom is -0.454 e. The summed E-state index contributed by atoms with van der Waals surface area (Å²) in [5.41, 5.74) is 3.00. The summed E-state index contributed by atoms with van der Waals surface area (Å²) in [6.45, 7) is 0.911. The molecule has 0 radical (unpaired) electrons. The molecule has 3 heterocycles. The largest absolute Gasteiger partial charge is 0.454 e. The SMILES string of the molecule is CN(C)Oc1cccc(-c2cnc3sc(NCc4ccc5c(c4)OCO5)nn23)c1. The van der Waals surface area contributed by atoms with Crippen molar-refractivity contribution in [2.75, 3.05) is 26.2 Å². The predicted octanol–water partition coefficient (Wildman–Crippen LogP) is 3.65. The van der Waals surface area contributed by atoms with Crippen molar-refractivity contribution in [3.63, 3.8) is 0 Å². The van der Waals surface area contributed by atoms with Crippen LogP contribution in [-0.2, 0) is 6.54 Å². The van der Waals surface area contributed by atoms with E-state index in [1.807, 2.05) is 67.3 Å². The number of ether oxygens (including phenoxy) is 2. The Hall–Kier alpha value is -3.30. The van der Waals surface area contributed by atoms with Gasteiger partial charge in [0, 0.05) is 26.2 Å². The van der Waals surface area contributed by atoms with Crippen molar-refractivity contribution >= 4 is 21.4 Å².